The highest BCUT2D eigenvalue weighted by molar-refractivity contribution is 5.46. The van der Waals surface area contributed by atoms with Crippen molar-refractivity contribution in [3.05, 3.63) is 28.8 Å². The lowest BCUT2D eigenvalue weighted by Gasteiger charge is -2.33. The van der Waals surface area contributed by atoms with Crippen molar-refractivity contribution in [3.63, 3.8) is 0 Å². The Balaban J connectivity index is 2.33. The Morgan fingerprint density at radius 1 is 1.39 bits per heavy atom. The van der Waals surface area contributed by atoms with Gasteiger partial charge in [0.1, 0.15) is 5.75 Å². The van der Waals surface area contributed by atoms with E-state index in [1.165, 1.54) is 0 Å². The van der Waals surface area contributed by atoms with E-state index >= 15 is 0 Å². The number of aliphatic hydroxyl groups is 2. The maximum atomic E-state index is 10.4. The fraction of sp³-hybridized carbons (Fsp3) is 0.571. The summed E-state index contributed by atoms with van der Waals surface area (Å²) in [6, 6.07) is 3.66. The summed E-state index contributed by atoms with van der Waals surface area (Å²) in [5, 5.41) is 32.7. The minimum Gasteiger partial charge on any atom is -0.508 e. The summed E-state index contributed by atoms with van der Waals surface area (Å²) in [7, 11) is 0. The number of aliphatic hydroxyl groups excluding tert-OH is 2. The first-order chi connectivity index (χ1) is 8.54. The van der Waals surface area contributed by atoms with E-state index in [0.29, 0.717) is 11.6 Å². The van der Waals surface area contributed by atoms with Crippen molar-refractivity contribution in [2.75, 3.05) is 0 Å². The number of hydrogen-bond donors (Lipinski definition) is 4. The van der Waals surface area contributed by atoms with Gasteiger partial charge >= 0.3 is 0 Å². The average molecular weight is 251 g/mol. The largest absolute Gasteiger partial charge is 0.508 e. The van der Waals surface area contributed by atoms with E-state index < -0.39 is 6.10 Å². The summed E-state index contributed by atoms with van der Waals surface area (Å²) in [4.78, 5) is 0. The molecule has 0 bridgehead atoms. The number of aromatic hydroxyl groups is 1. The number of phenols is 1. The molecule has 0 saturated heterocycles. The van der Waals surface area contributed by atoms with Crippen LogP contribution in [-0.4, -0.2) is 27.4 Å². The second-order valence-electron chi connectivity index (χ2n) is 5.20. The van der Waals surface area contributed by atoms with Crippen molar-refractivity contribution in [1.29, 1.82) is 0 Å². The summed E-state index contributed by atoms with van der Waals surface area (Å²) in [6.07, 6.45) is 0.992. The Hall–Kier alpha value is -1.10. The SMILES string of the molecule is CC(C)N[C@@H]1CCc2c(ccc(O)c2CO)[C@H]1O. The van der Waals surface area contributed by atoms with Gasteiger partial charge < -0.3 is 20.6 Å². The van der Waals surface area contributed by atoms with Gasteiger partial charge in [-0.15, -0.1) is 0 Å². The minimum absolute atomic E-state index is 0.0357. The summed E-state index contributed by atoms with van der Waals surface area (Å²) < 4.78 is 0. The summed E-state index contributed by atoms with van der Waals surface area (Å²) in [5.74, 6) is 0.110. The Kier molecular flexibility index (Phi) is 3.90. The van der Waals surface area contributed by atoms with Crippen LogP contribution in [0.2, 0.25) is 0 Å². The molecular formula is C14H21NO3. The highest BCUT2D eigenvalue weighted by Crippen LogP contribution is 2.35. The van der Waals surface area contributed by atoms with E-state index in [1.54, 1.807) is 12.1 Å². The smallest absolute Gasteiger partial charge is 0.121 e. The molecule has 1 aromatic carbocycles. The highest BCUT2D eigenvalue weighted by Gasteiger charge is 2.30. The lowest BCUT2D eigenvalue weighted by Crippen LogP contribution is -2.42. The van der Waals surface area contributed by atoms with Crippen LogP contribution in [0, 0.1) is 0 Å². The fourth-order valence-electron chi connectivity index (χ4n) is 2.72. The first kappa shape index (κ1) is 13.3. The molecule has 1 aliphatic rings. The molecule has 1 aliphatic carbocycles. The molecule has 0 fully saturated rings. The molecule has 0 spiro atoms. The van der Waals surface area contributed by atoms with Crippen molar-refractivity contribution in [1.82, 2.24) is 5.32 Å². The number of benzene rings is 1. The Bertz CT molecular complexity index is 431. The van der Waals surface area contributed by atoms with Gasteiger partial charge in [0.2, 0.25) is 0 Å². The first-order valence-electron chi connectivity index (χ1n) is 6.43. The zero-order chi connectivity index (χ0) is 13.3. The second kappa shape index (κ2) is 5.26. The van der Waals surface area contributed by atoms with Gasteiger partial charge in [0.05, 0.1) is 12.7 Å². The predicted molar refractivity (Wildman–Crippen MR) is 69.4 cm³/mol. The maximum absolute atomic E-state index is 10.4. The summed E-state index contributed by atoms with van der Waals surface area (Å²) >= 11 is 0. The van der Waals surface area contributed by atoms with Gasteiger partial charge in [-0.1, -0.05) is 19.9 Å². The second-order valence-corrected chi connectivity index (χ2v) is 5.20. The quantitative estimate of drug-likeness (QED) is 0.652. The molecule has 100 valence electrons. The van der Waals surface area contributed by atoms with Crippen LogP contribution in [-0.2, 0) is 13.0 Å². The third kappa shape index (κ3) is 2.36. The van der Waals surface area contributed by atoms with E-state index in [2.05, 4.69) is 19.2 Å². The van der Waals surface area contributed by atoms with Crippen LogP contribution in [0.3, 0.4) is 0 Å². The number of fused-ring (bicyclic) bond motifs is 1. The summed E-state index contributed by atoms with van der Waals surface area (Å²) in [5.41, 5.74) is 2.27. The van der Waals surface area contributed by atoms with Crippen molar-refractivity contribution in [2.45, 2.75) is 51.5 Å². The van der Waals surface area contributed by atoms with E-state index in [9.17, 15) is 15.3 Å². The Labute approximate surface area is 107 Å². The fourth-order valence-corrected chi connectivity index (χ4v) is 2.72. The lowest BCUT2D eigenvalue weighted by atomic mass is 9.83. The van der Waals surface area contributed by atoms with Gasteiger partial charge in [0.25, 0.3) is 0 Å². The average Bonchev–Trinajstić information content (AvgIpc) is 2.32. The molecule has 0 aromatic heterocycles. The molecule has 0 aliphatic heterocycles. The molecule has 4 heteroatoms. The normalized spacial score (nSPS) is 23.2. The number of rotatable bonds is 3. The van der Waals surface area contributed by atoms with Crippen LogP contribution in [0.15, 0.2) is 12.1 Å². The maximum Gasteiger partial charge on any atom is 0.121 e. The zero-order valence-corrected chi connectivity index (χ0v) is 10.8. The first-order valence-corrected chi connectivity index (χ1v) is 6.43. The molecule has 0 saturated carbocycles. The molecule has 18 heavy (non-hydrogen) atoms. The van der Waals surface area contributed by atoms with Crippen LogP contribution < -0.4 is 5.32 Å². The van der Waals surface area contributed by atoms with Crippen LogP contribution >= 0.6 is 0 Å². The van der Waals surface area contributed by atoms with Crippen molar-refractivity contribution in [2.24, 2.45) is 0 Å². The van der Waals surface area contributed by atoms with Crippen molar-refractivity contribution >= 4 is 0 Å². The molecule has 0 unspecified atom stereocenters. The molecule has 4 nitrogen and oxygen atoms in total. The monoisotopic (exact) mass is 251 g/mol. The van der Waals surface area contributed by atoms with Gasteiger partial charge in [-0.3, -0.25) is 0 Å². The van der Waals surface area contributed by atoms with Gasteiger partial charge in [0.15, 0.2) is 0 Å². The van der Waals surface area contributed by atoms with Crippen LogP contribution in [0.25, 0.3) is 0 Å². The van der Waals surface area contributed by atoms with Crippen LogP contribution in [0.4, 0.5) is 0 Å². The van der Waals surface area contributed by atoms with Gasteiger partial charge in [-0.2, -0.15) is 0 Å². The van der Waals surface area contributed by atoms with Crippen molar-refractivity contribution < 1.29 is 15.3 Å². The van der Waals surface area contributed by atoms with Crippen LogP contribution in [0.5, 0.6) is 5.75 Å². The van der Waals surface area contributed by atoms with E-state index in [1.807, 2.05) is 0 Å². The predicted octanol–water partition coefficient (Wildman–Crippen LogP) is 1.23. The molecule has 0 radical (unpaired) electrons. The Morgan fingerprint density at radius 3 is 2.72 bits per heavy atom. The van der Waals surface area contributed by atoms with Gasteiger partial charge in [-0.05, 0) is 30.0 Å². The van der Waals surface area contributed by atoms with E-state index in [-0.39, 0.29) is 18.4 Å². The minimum atomic E-state index is -0.581. The third-order valence-electron chi connectivity index (χ3n) is 3.55. The van der Waals surface area contributed by atoms with E-state index in [4.69, 9.17) is 0 Å². The van der Waals surface area contributed by atoms with Crippen molar-refractivity contribution in [3.8, 4) is 5.75 Å². The molecule has 4 N–H and O–H groups in total. The Morgan fingerprint density at radius 2 is 2.11 bits per heavy atom. The van der Waals surface area contributed by atoms with E-state index in [0.717, 1.165) is 24.0 Å². The molecule has 0 heterocycles. The number of hydrogen-bond acceptors (Lipinski definition) is 4. The topological polar surface area (TPSA) is 72.7 Å². The third-order valence-corrected chi connectivity index (χ3v) is 3.55. The molecule has 2 rings (SSSR count). The standard InChI is InChI=1S/C14H21NO3/c1-8(2)15-12-5-3-9-10(14(12)18)4-6-13(17)11(9)7-16/h4,6,8,12,14-18H,3,5,7H2,1-2H3/t12-,14-/m1/s1. The highest BCUT2D eigenvalue weighted by atomic mass is 16.3. The molecule has 1 aromatic rings. The van der Waals surface area contributed by atoms with Gasteiger partial charge in [-0.25, -0.2) is 0 Å². The number of nitrogens with one attached hydrogen (secondary N) is 1. The molecular weight excluding hydrogens is 230 g/mol. The van der Waals surface area contributed by atoms with Gasteiger partial charge in [0, 0.05) is 17.6 Å². The molecule has 0 amide bonds. The summed E-state index contributed by atoms with van der Waals surface area (Å²) in [6.45, 7) is 3.92. The molecule has 2 atom stereocenters. The lowest BCUT2D eigenvalue weighted by molar-refractivity contribution is 0.110. The zero-order valence-electron chi connectivity index (χ0n) is 10.8. The van der Waals surface area contributed by atoms with Crippen LogP contribution in [0.1, 0.15) is 43.1 Å².